The highest BCUT2D eigenvalue weighted by molar-refractivity contribution is 5.79. The van der Waals surface area contributed by atoms with Gasteiger partial charge < -0.3 is 9.84 Å². The standard InChI is InChI=1S/C21H23N3O2/c25-21(23-18-13-24-9-6-14(18)7-10-24)19-11-15-3-1-5-17(20(15)26-19)16-4-2-8-22-12-16/h1-5,8,12,14,18-19H,6-7,9-11,13H2,(H,23,25)/p+1. The number of piperidine rings is 3. The quantitative estimate of drug-likeness (QED) is 0.645. The molecule has 2 aromatic rings. The van der Waals surface area contributed by atoms with Gasteiger partial charge in [-0.1, -0.05) is 24.3 Å². The van der Waals surface area contributed by atoms with Gasteiger partial charge in [0.05, 0.1) is 6.54 Å². The molecule has 3 fully saturated rings. The van der Waals surface area contributed by atoms with E-state index < -0.39 is 0 Å². The fourth-order valence-electron chi connectivity index (χ4n) is 4.58. The zero-order valence-electron chi connectivity index (χ0n) is 14.8. The van der Waals surface area contributed by atoms with E-state index in [0.29, 0.717) is 18.4 Å². The van der Waals surface area contributed by atoms with Crippen molar-refractivity contribution >= 4 is 5.90 Å². The second-order valence-electron chi connectivity index (χ2n) is 7.62. The van der Waals surface area contributed by atoms with Crippen molar-refractivity contribution in [1.82, 2.24) is 9.88 Å². The first-order chi connectivity index (χ1) is 12.8. The monoisotopic (exact) mass is 350 g/mol. The van der Waals surface area contributed by atoms with Crippen molar-refractivity contribution < 1.29 is 14.8 Å². The third kappa shape index (κ3) is 2.76. The van der Waals surface area contributed by atoms with Crippen LogP contribution in [0.1, 0.15) is 18.4 Å². The molecular formula is C21H24N3O2+. The van der Waals surface area contributed by atoms with E-state index in [1.807, 2.05) is 24.4 Å². The van der Waals surface area contributed by atoms with Gasteiger partial charge in [-0.05, 0) is 37.6 Å². The number of rotatable bonds is 3. The van der Waals surface area contributed by atoms with Crippen LogP contribution in [0.3, 0.4) is 0 Å². The van der Waals surface area contributed by atoms with E-state index in [1.54, 1.807) is 6.20 Å². The summed E-state index contributed by atoms with van der Waals surface area (Å²) in [5.74, 6) is 1.81. The highest BCUT2D eigenvalue weighted by Gasteiger charge is 2.40. The lowest BCUT2D eigenvalue weighted by atomic mass is 9.84. The number of ether oxygens (including phenoxy) is 1. The van der Waals surface area contributed by atoms with E-state index in [-0.39, 0.29) is 12.0 Å². The molecular weight excluding hydrogens is 326 g/mol. The van der Waals surface area contributed by atoms with E-state index in [1.165, 1.54) is 25.9 Å². The lowest BCUT2D eigenvalue weighted by molar-refractivity contribution is -0.532. The molecule has 2 N–H and O–H groups in total. The summed E-state index contributed by atoms with van der Waals surface area (Å²) in [5, 5.41) is 10.7. The number of hydrogen-bond donors (Lipinski definition) is 2. The lowest BCUT2D eigenvalue weighted by Gasteiger charge is -2.40. The van der Waals surface area contributed by atoms with Crippen molar-refractivity contribution in [2.45, 2.75) is 31.4 Å². The summed E-state index contributed by atoms with van der Waals surface area (Å²) in [6.45, 7) is 3.42. The van der Waals surface area contributed by atoms with Crippen LogP contribution >= 0.6 is 0 Å². The molecule has 1 aromatic heterocycles. The van der Waals surface area contributed by atoms with E-state index in [2.05, 4.69) is 27.0 Å². The number of para-hydroxylation sites is 1. The van der Waals surface area contributed by atoms with Crippen LogP contribution in [0.15, 0.2) is 42.7 Å². The number of hydrogen-bond acceptors (Lipinski definition) is 3. The topological polar surface area (TPSA) is 59.6 Å². The Morgan fingerprint density at radius 2 is 2.08 bits per heavy atom. The minimum Gasteiger partial charge on any atom is -0.474 e. The number of aliphatic hydroxyl groups is 1. The smallest absolute Gasteiger partial charge is 0.375 e. The third-order valence-electron chi connectivity index (χ3n) is 6.03. The van der Waals surface area contributed by atoms with E-state index in [0.717, 1.165) is 29.0 Å². The fraction of sp³-hybridized carbons (Fsp3) is 0.429. The Kier molecular flexibility index (Phi) is 3.89. The van der Waals surface area contributed by atoms with Crippen molar-refractivity contribution in [3.8, 4) is 16.9 Å². The number of fused-ring (bicyclic) bond motifs is 4. The minimum atomic E-state index is -0.321. The second kappa shape index (κ2) is 6.40. The molecule has 5 nitrogen and oxygen atoms in total. The van der Waals surface area contributed by atoms with Crippen molar-refractivity contribution in [2.75, 3.05) is 19.6 Å². The number of aromatic nitrogens is 1. The number of benzene rings is 1. The first-order valence-electron chi connectivity index (χ1n) is 9.51. The van der Waals surface area contributed by atoms with E-state index in [9.17, 15) is 5.11 Å². The van der Waals surface area contributed by atoms with Crippen LogP contribution in [0.5, 0.6) is 5.75 Å². The molecule has 134 valence electrons. The normalized spacial score (nSPS) is 30.1. The predicted octanol–water partition coefficient (Wildman–Crippen LogP) is 1.18. The molecule has 3 saturated heterocycles. The maximum absolute atomic E-state index is 10.7. The summed E-state index contributed by atoms with van der Waals surface area (Å²) in [6.07, 6.45) is 6.44. The summed E-state index contributed by atoms with van der Waals surface area (Å²) >= 11 is 0. The van der Waals surface area contributed by atoms with Crippen LogP contribution in [-0.4, -0.2) is 52.7 Å². The van der Waals surface area contributed by atoms with Crippen molar-refractivity contribution in [1.29, 1.82) is 0 Å². The highest BCUT2D eigenvalue weighted by atomic mass is 16.5. The van der Waals surface area contributed by atoms with Crippen molar-refractivity contribution in [3.05, 3.63) is 48.3 Å². The van der Waals surface area contributed by atoms with Crippen LogP contribution in [0, 0.1) is 5.92 Å². The summed E-state index contributed by atoms with van der Waals surface area (Å²) in [4.78, 5) is 10.1. The van der Waals surface area contributed by atoms with Gasteiger partial charge in [-0.3, -0.25) is 9.88 Å². The van der Waals surface area contributed by atoms with Gasteiger partial charge in [-0.25, -0.2) is 4.99 Å². The molecule has 6 rings (SSSR count). The maximum Gasteiger partial charge on any atom is 0.375 e. The van der Waals surface area contributed by atoms with Gasteiger partial charge in [0.15, 0.2) is 6.04 Å². The van der Waals surface area contributed by atoms with Crippen LogP contribution in [-0.2, 0) is 6.42 Å². The molecule has 5 heteroatoms. The summed E-state index contributed by atoms with van der Waals surface area (Å²) < 4.78 is 6.18. The van der Waals surface area contributed by atoms with E-state index >= 15 is 0 Å². The average Bonchev–Trinajstić information content (AvgIpc) is 3.14. The molecule has 2 unspecified atom stereocenters. The Bertz CT molecular complexity index is 828. The van der Waals surface area contributed by atoms with Gasteiger partial charge in [0.25, 0.3) is 0 Å². The Morgan fingerprint density at radius 3 is 2.81 bits per heavy atom. The second-order valence-corrected chi connectivity index (χ2v) is 7.62. The zero-order valence-corrected chi connectivity index (χ0v) is 14.8. The molecule has 5 heterocycles. The Morgan fingerprint density at radius 1 is 1.19 bits per heavy atom. The number of nitrogens with zero attached hydrogens (tertiary/aromatic N) is 2. The van der Waals surface area contributed by atoms with Crippen LogP contribution in [0.2, 0.25) is 0 Å². The van der Waals surface area contributed by atoms with Gasteiger partial charge in [0, 0.05) is 35.9 Å². The molecule has 0 radical (unpaired) electrons. The maximum atomic E-state index is 10.7. The molecule has 4 aliphatic heterocycles. The van der Waals surface area contributed by atoms with Gasteiger partial charge in [0.1, 0.15) is 5.75 Å². The largest absolute Gasteiger partial charge is 0.474 e. The first kappa shape index (κ1) is 15.8. The Labute approximate surface area is 153 Å². The van der Waals surface area contributed by atoms with Crippen LogP contribution in [0.25, 0.3) is 11.1 Å². The summed E-state index contributed by atoms with van der Waals surface area (Å²) in [5.41, 5.74) is 3.21. The Hall–Kier alpha value is -2.40. The molecule has 4 aliphatic rings. The number of nitrogens with one attached hydrogen (secondary N) is 1. The van der Waals surface area contributed by atoms with Crippen LogP contribution in [0.4, 0.5) is 0 Å². The molecule has 0 saturated carbocycles. The van der Waals surface area contributed by atoms with E-state index in [4.69, 9.17) is 4.74 Å². The molecule has 26 heavy (non-hydrogen) atoms. The zero-order chi connectivity index (χ0) is 17.5. The highest BCUT2D eigenvalue weighted by Crippen LogP contribution is 2.38. The average molecular weight is 350 g/mol. The number of aliphatic hydroxyl groups excluding tert-OH is 1. The molecule has 0 spiro atoms. The van der Waals surface area contributed by atoms with Gasteiger partial charge >= 0.3 is 5.90 Å². The molecule has 0 amide bonds. The van der Waals surface area contributed by atoms with Gasteiger partial charge in [0.2, 0.25) is 6.10 Å². The molecule has 1 aromatic carbocycles. The van der Waals surface area contributed by atoms with Gasteiger partial charge in [-0.2, -0.15) is 0 Å². The fourth-order valence-corrected chi connectivity index (χ4v) is 4.58. The van der Waals surface area contributed by atoms with Crippen LogP contribution < -0.4 is 9.73 Å². The Balaban J connectivity index is 1.38. The van der Waals surface area contributed by atoms with Crippen molar-refractivity contribution in [2.24, 2.45) is 5.92 Å². The summed E-state index contributed by atoms with van der Waals surface area (Å²) in [7, 11) is 0. The third-order valence-corrected chi connectivity index (χ3v) is 6.03. The predicted molar refractivity (Wildman–Crippen MR) is 99.3 cm³/mol. The summed E-state index contributed by atoms with van der Waals surface area (Å²) in [6, 6.07) is 10.5. The molecule has 2 bridgehead atoms. The SMILES string of the molecule is OC(=[NH+]C1CN2CCC1CC2)C1Cc2cccc(-c3cccnc3)c2O1. The van der Waals surface area contributed by atoms with Gasteiger partial charge in [-0.15, -0.1) is 0 Å². The lowest BCUT2D eigenvalue weighted by Crippen LogP contribution is -2.87. The minimum absolute atomic E-state index is 0.275. The first-order valence-corrected chi connectivity index (χ1v) is 9.51. The number of pyridine rings is 1. The van der Waals surface area contributed by atoms with Crippen molar-refractivity contribution in [3.63, 3.8) is 0 Å². The molecule has 2 atom stereocenters. The molecule has 0 aliphatic carbocycles.